The van der Waals surface area contributed by atoms with Gasteiger partial charge in [0.05, 0.1) is 55.6 Å². The lowest BCUT2D eigenvalue weighted by Gasteiger charge is -2.44. The second-order valence-electron chi connectivity index (χ2n) is 8.78. The largest absolute Gasteiger partial charge is 0.549 e. The zero-order valence-electron chi connectivity index (χ0n) is 22.0. The van der Waals surface area contributed by atoms with E-state index in [1.165, 1.54) is 0 Å². The first-order valence-electron chi connectivity index (χ1n) is 12.3. The average molecular weight is 541 g/mol. The van der Waals surface area contributed by atoms with Crippen molar-refractivity contribution >= 4 is 23.9 Å². The Labute approximate surface area is 227 Å². The normalized spacial score (nSPS) is 13.9. The summed E-state index contributed by atoms with van der Waals surface area (Å²) in [5, 5.41) is 24.1. The molecule has 0 heterocycles. The smallest absolute Gasteiger partial charge is 0.310 e. The van der Waals surface area contributed by atoms with Crippen LogP contribution in [0.5, 0.6) is 0 Å². The van der Waals surface area contributed by atoms with E-state index < -0.39 is 46.7 Å². The molecule has 2 aromatic rings. The number of carbonyl (C=O) groups is 4. The van der Waals surface area contributed by atoms with E-state index in [1.807, 2.05) is 60.7 Å². The topological polar surface area (TPSA) is 151 Å². The molecular weight excluding hydrogens is 508 g/mol. The minimum Gasteiger partial charge on any atom is -0.549 e. The molecule has 2 rings (SSSR count). The predicted octanol–water partition coefficient (Wildman–Crippen LogP) is 0.821. The summed E-state index contributed by atoms with van der Waals surface area (Å²) < 4.78 is 21.1. The molecule has 0 aliphatic carbocycles. The highest BCUT2D eigenvalue weighted by molar-refractivity contribution is 6.00. The summed E-state index contributed by atoms with van der Waals surface area (Å²) >= 11 is 0. The van der Waals surface area contributed by atoms with Crippen LogP contribution < -0.4 is 10.2 Å². The average Bonchev–Trinajstić information content (AvgIpc) is 2.93. The van der Waals surface area contributed by atoms with Crippen molar-refractivity contribution < 1.29 is 48.3 Å². The molecule has 0 fully saturated rings. The van der Waals surface area contributed by atoms with Gasteiger partial charge < -0.3 is 38.7 Å². The number of carboxylic acid groups (broad SMARTS) is 2. The molecule has 0 radical (unpaired) electrons. The van der Waals surface area contributed by atoms with Gasteiger partial charge in [0.15, 0.2) is 0 Å². The number of ether oxygens (including phenoxy) is 4. The van der Waals surface area contributed by atoms with E-state index >= 15 is 0 Å². The van der Waals surface area contributed by atoms with E-state index in [0.717, 1.165) is 25.0 Å². The molecule has 0 aliphatic rings. The first-order valence-corrected chi connectivity index (χ1v) is 12.3. The van der Waals surface area contributed by atoms with Gasteiger partial charge in [-0.1, -0.05) is 81.1 Å². The van der Waals surface area contributed by atoms with E-state index in [1.54, 1.807) is 0 Å². The summed E-state index contributed by atoms with van der Waals surface area (Å²) in [4.78, 5) is 49.8. The van der Waals surface area contributed by atoms with Gasteiger partial charge in [-0.15, -0.1) is 0 Å². The van der Waals surface area contributed by atoms with Gasteiger partial charge in [0.2, 0.25) is 0 Å². The molecule has 0 bridgehead atoms. The van der Waals surface area contributed by atoms with Crippen LogP contribution in [0.1, 0.15) is 25.0 Å². The zero-order chi connectivity index (χ0) is 28.8. The van der Waals surface area contributed by atoms with Crippen molar-refractivity contribution in [3.63, 3.8) is 0 Å². The van der Waals surface area contributed by atoms with Crippen molar-refractivity contribution in [2.45, 2.75) is 27.1 Å². The summed E-state index contributed by atoms with van der Waals surface area (Å²) in [5.74, 6) is -9.54. The number of carboxylic acids is 2. The van der Waals surface area contributed by atoms with Gasteiger partial charge in [0.1, 0.15) is 13.2 Å². The Morgan fingerprint density at radius 1 is 0.718 bits per heavy atom. The summed E-state index contributed by atoms with van der Waals surface area (Å²) in [6.07, 6.45) is 0. The van der Waals surface area contributed by atoms with Crippen molar-refractivity contribution in [1.29, 1.82) is 0 Å². The van der Waals surface area contributed by atoms with Gasteiger partial charge in [-0.2, -0.15) is 0 Å². The lowest BCUT2D eigenvalue weighted by molar-refractivity contribution is -0.326. The third-order valence-corrected chi connectivity index (χ3v) is 6.32. The van der Waals surface area contributed by atoms with Gasteiger partial charge in [-0.3, -0.25) is 9.59 Å². The third kappa shape index (κ3) is 8.49. The Hall–Kier alpha value is -4.02. The summed E-state index contributed by atoms with van der Waals surface area (Å²) in [7, 11) is 0. The van der Waals surface area contributed by atoms with Gasteiger partial charge >= 0.3 is 11.9 Å². The summed E-state index contributed by atoms with van der Waals surface area (Å²) in [6.45, 7) is 5.55. The lowest BCUT2D eigenvalue weighted by Crippen LogP contribution is -2.58. The predicted molar refractivity (Wildman–Crippen MR) is 134 cm³/mol. The minimum absolute atomic E-state index is 0.00626. The van der Waals surface area contributed by atoms with E-state index in [2.05, 4.69) is 6.58 Å². The third-order valence-electron chi connectivity index (χ3n) is 6.32. The first-order chi connectivity index (χ1) is 18.6. The van der Waals surface area contributed by atoms with Gasteiger partial charge in [-0.05, 0) is 16.7 Å². The lowest BCUT2D eigenvalue weighted by atomic mass is 9.63. The standard InChI is InChI=1S/C29H34O10/c1-20(25(30)31)29(28(34)35,21(2)26(32)38-16-14-36-18-23-10-6-4-7-11-23)22(3)27(33)39-17-15-37-19-24-12-8-5-9-13-24/h4-13,21-22H,1,14-19H2,2-3H3,(H,30,31)(H,34,35)/p-2. The van der Waals surface area contributed by atoms with E-state index in [4.69, 9.17) is 18.9 Å². The van der Waals surface area contributed by atoms with Crippen LogP contribution in [-0.4, -0.2) is 50.3 Å². The van der Waals surface area contributed by atoms with Crippen molar-refractivity contribution in [2.75, 3.05) is 26.4 Å². The molecule has 0 spiro atoms. The first kappa shape index (κ1) is 31.2. The maximum atomic E-state index is 12.8. The van der Waals surface area contributed by atoms with Crippen LogP contribution in [0.15, 0.2) is 72.8 Å². The maximum Gasteiger partial charge on any atom is 0.310 e. The SMILES string of the molecule is C=C(C(=O)[O-])C(C(=O)[O-])(C(C)C(=O)OCCOCc1ccccc1)C(C)C(=O)OCCOCc1ccccc1. The second kappa shape index (κ2) is 15.4. The Balaban J connectivity index is 2.01. The number of hydrogen-bond acceptors (Lipinski definition) is 10. The fourth-order valence-corrected chi connectivity index (χ4v) is 4.10. The highest BCUT2D eigenvalue weighted by Gasteiger charge is 2.52. The number of hydrogen-bond donors (Lipinski definition) is 0. The van der Waals surface area contributed by atoms with Crippen LogP contribution in [-0.2, 0) is 51.3 Å². The van der Waals surface area contributed by atoms with Crippen LogP contribution in [0, 0.1) is 17.3 Å². The number of esters is 2. The minimum atomic E-state index is -2.71. The molecule has 0 saturated heterocycles. The Bertz CT molecular complexity index is 1050. The summed E-state index contributed by atoms with van der Waals surface area (Å²) in [6, 6.07) is 18.5. The van der Waals surface area contributed by atoms with E-state index in [0.29, 0.717) is 0 Å². The van der Waals surface area contributed by atoms with Crippen molar-refractivity contribution in [3.8, 4) is 0 Å². The Morgan fingerprint density at radius 3 is 1.44 bits per heavy atom. The molecule has 2 aromatic carbocycles. The molecule has 210 valence electrons. The number of aliphatic carboxylic acids is 2. The molecule has 0 aliphatic heterocycles. The Kier molecular flexibility index (Phi) is 12.3. The van der Waals surface area contributed by atoms with Crippen LogP contribution in [0.25, 0.3) is 0 Å². The molecule has 2 unspecified atom stereocenters. The van der Waals surface area contributed by atoms with Crippen LogP contribution >= 0.6 is 0 Å². The molecule has 10 heteroatoms. The molecule has 39 heavy (non-hydrogen) atoms. The summed E-state index contributed by atoms with van der Waals surface area (Å²) in [5.41, 5.74) is -1.92. The van der Waals surface area contributed by atoms with Gasteiger partial charge in [-0.25, -0.2) is 0 Å². The molecule has 0 N–H and O–H groups in total. The van der Waals surface area contributed by atoms with Crippen molar-refractivity contribution in [3.05, 3.63) is 83.9 Å². The molecule has 0 saturated carbocycles. The fraction of sp³-hybridized carbons (Fsp3) is 0.379. The van der Waals surface area contributed by atoms with Crippen LogP contribution in [0.4, 0.5) is 0 Å². The maximum absolute atomic E-state index is 12.8. The van der Waals surface area contributed by atoms with Crippen molar-refractivity contribution in [2.24, 2.45) is 17.3 Å². The Morgan fingerprint density at radius 2 is 1.10 bits per heavy atom. The molecule has 0 amide bonds. The number of rotatable bonds is 17. The number of carbonyl (C=O) groups excluding carboxylic acids is 4. The highest BCUT2D eigenvalue weighted by Crippen LogP contribution is 2.43. The van der Waals surface area contributed by atoms with Crippen molar-refractivity contribution in [1.82, 2.24) is 0 Å². The van der Waals surface area contributed by atoms with E-state index in [-0.39, 0.29) is 39.6 Å². The molecule has 2 atom stereocenters. The molecule has 10 nitrogen and oxygen atoms in total. The van der Waals surface area contributed by atoms with E-state index in [9.17, 15) is 29.4 Å². The number of benzene rings is 2. The van der Waals surface area contributed by atoms with Crippen LogP contribution in [0.3, 0.4) is 0 Å². The quantitative estimate of drug-likeness (QED) is 0.160. The molecule has 0 aromatic heterocycles. The zero-order valence-corrected chi connectivity index (χ0v) is 22.0. The van der Waals surface area contributed by atoms with Gasteiger partial charge in [0.25, 0.3) is 0 Å². The monoisotopic (exact) mass is 540 g/mol. The fourth-order valence-electron chi connectivity index (χ4n) is 4.10. The van der Waals surface area contributed by atoms with Crippen LogP contribution in [0.2, 0.25) is 0 Å². The highest BCUT2D eigenvalue weighted by atomic mass is 16.6. The van der Waals surface area contributed by atoms with Gasteiger partial charge in [0, 0.05) is 0 Å². The second-order valence-corrected chi connectivity index (χ2v) is 8.78. The molecular formula is C29H32O10-2.